The minimum atomic E-state index is -0.486. The van der Waals surface area contributed by atoms with Gasteiger partial charge in [-0.1, -0.05) is 17.8 Å². The third-order valence-corrected chi connectivity index (χ3v) is 5.37. The van der Waals surface area contributed by atoms with Crippen LogP contribution in [0, 0.1) is 6.92 Å². The summed E-state index contributed by atoms with van der Waals surface area (Å²) >= 11 is 1.24. The molecule has 1 aromatic heterocycles. The Balaban J connectivity index is 2.33. The van der Waals surface area contributed by atoms with Gasteiger partial charge in [-0.15, -0.1) is 0 Å². The zero-order valence-electron chi connectivity index (χ0n) is 15.2. The van der Waals surface area contributed by atoms with Crippen LogP contribution < -0.4 is 5.73 Å². The maximum Gasteiger partial charge on any atom is 0.491 e. The van der Waals surface area contributed by atoms with Crippen LogP contribution in [-0.2, 0) is 14.1 Å². The average Bonchev–Trinajstić information content (AvgIpc) is 2.67. The molecule has 0 atom stereocenters. The highest BCUT2D eigenvalue weighted by atomic mass is 32.2. The molecule has 1 aliphatic heterocycles. The number of nitrogens with zero attached hydrogens (tertiary/aromatic N) is 1. The van der Waals surface area contributed by atoms with Gasteiger partial charge in [0.15, 0.2) is 5.12 Å². The van der Waals surface area contributed by atoms with Gasteiger partial charge in [0.1, 0.15) is 5.82 Å². The van der Waals surface area contributed by atoms with Gasteiger partial charge in [-0.2, -0.15) is 0 Å². The first-order valence-electron chi connectivity index (χ1n) is 7.93. The molecular formula is C17H25BN2O3S. The number of carbonyl (C=O) groups is 1. The Bertz CT molecular complexity index is 658. The Morgan fingerprint density at radius 2 is 1.92 bits per heavy atom. The summed E-state index contributed by atoms with van der Waals surface area (Å²) in [6.07, 6.45) is 3.68. The van der Waals surface area contributed by atoms with E-state index in [0.29, 0.717) is 11.6 Å². The fourth-order valence-corrected chi connectivity index (χ4v) is 2.85. The molecule has 7 heteroatoms. The first kappa shape index (κ1) is 19.0. The Morgan fingerprint density at radius 1 is 1.33 bits per heavy atom. The van der Waals surface area contributed by atoms with E-state index in [-0.39, 0.29) is 5.12 Å². The number of anilines is 1. The fraction of sp³-hybridized carbons (Fsp3) is 0.529. The van der Waals surface area contributed by atoms with Gasteiger partial charge in [-0.05, 0) is 57.3 Å². The summed E-state index contributed by atoms with van der Waals surface area (Å²) in [7, 11) is -0.486. The minimum absolute atomic E-state index is 0.0593. The van der Waals surface area contributed by atoms with Crippen molar-refractivity contribution in [3.63, 3.8) is 0 Å². The molecule has 0 bridgehead atoms. The van der Waals surface area contributed by atoms with E-state index < -0.39 is 18.3 Å². The molecule has 1 aliphatic rings. The van der Waals surface area contributed by atoms with Crippen molar-refractivity contribution in [3.05, 3.63) is 28.9 Å². The smallest absolute Gasteiger partial charge is 0.400 e. The molecule has 0 saturated carbocycles. The molecule has 130 valence electrons. The molecule has 0 amide bonds. The van der Waals surface area contributed by atoms with Crippen LogP contribution in [0.2, 0.25) is 0 Å². The van der Waals surface area contributed by atoms with E-state index in [9.17, 15) is 4.79 Å². The van der Waals surface area contributed by atoms with Crippen LogP contribution in [0.3, 0.4) is 0 Å². The van der Waals surface area contributed by atoms with Crippen LogP contribution in [0.4, 0.5) is 5.82 Å². The molecule has 24 heavy (non-hydrogen) atoms. The number of hydrogen-bond donors (Lipinski definition) is 1. The molecule has 2 N–H and O–H groups in total. The van der Waals surface area contributed by atoms with E-state index in [2.05, 4.69) is 4.98 Å². The molecule has 1 fully saturated rings. The summed E-state index contributed by atoms with van der Waals surface area (Å²) in [5, 5.41) is 0.0593. The Morgan fingerprint density at radius 3 is 2.42 bits per heavy atom. The van der Waals surface area contributed by atoms with Gasteiger partial charge >= 0.3 is 7.12 Å². The molecule has 0 aliphatic carbocycles. The van der Waals surface area contributed by atoms with Crippen LogP contribution in [0.1, 0.15) is 45.7 Å². The Labute approximate surface area is 148 Å². The first-order valence-corrected chi connectivity index (χ1v) is 8.92. The minimum Gasteiger partial charge on any atom is -0.400 e. The number of hydrogen-bond acceptors (Lipinski definition) is 6. The Hall–Kier alpha value is -1.31. The zero-order chi connectivity index (χ0) is 18.1. The van der Waals surface area contributed by atoms with Crippen molar-refractivity contribution in [1.82, 2.24) is 4.98 Å². The summed E-state index contributed by atoms with van der Waals surface area (Å²) < 4.78 is 12.2. The van der Waals surface area contributed by atoms with Crippen LogP contribution >= 0.6 is 11.8 Å². The summed E-state index contributed by atoms with van der Waals surface area (Å²) in [6.45, 7) is 11.5. The maximum atomic E-state index is 11.4. The maximum absolute atomic E-state index is 11.4. The van der Waals surface area contributed by atoms with E-state index in [1.54, 1.807) is 13.1 Å². The van der Waals surface area contributed by atoms with Crippen molar-refractivity contribution >= 4 is 35.9 Å². The van der Waals surface area contributed by atoms with Gasteiger partial charge in [0.25, 0.3) is 0 Å². The number of carbonyl (C=O) groups excluding carboxylic acids is 1. The standard InChI is InChI=1S/C17H25BN2O3S/c1-11-7-13(9-20-15(11)19)8-14(10-24-12(2)21)18-22-16(3,4)17(5,6)23-18/h7-9H,10H2,1-6H3,(H2,19,20). The highest BCUT2D eigenvalue weighted by Gasteiger charge is 2.52. The van der Waals surface area contributed by atoms with Crippen molar-refractivity contribution in [1.29, 1.82) is 0 Å². The van der Waals surface area contributed by atoms with Crippen molar-refractivity contribution in [2.45, 2.75) is 52.7 Å². The second kappa shape index (κ2) is 6.90. The van der Waals surface area contributed by atoms with Gasteiger partial charge in [0.05, 0.1) is 11.2 Å². The third-order valence-electron chi connectivity index (χ3n) is 4.49. The van der Waals surface area contributed by atoms with Crippen molar-refractivity contribution in [2.24, 2.45) is 0 Å². The van der Waals surface area contributed by atoms with Crippen LogP contribution in [-0.4, -0.2) is 34.2 Å². The topological polar surface area (TPSA) is 74.4 Å². The van der Waals surface area contributed by atoms with Crippen molar-refractivity contribution in [3.8, 4) is 0 Å². The molecule has 0 aromatic carbocycles. The number of pyridine rings is 1. The molecule has 0 radical (unpaired) electrons. The van der Waals surface area contributed by atoms with Crippen molar-refractivity contribution < 1.29 is 14.1 Å². The molecular weight excluding hydrogens is 323 g/mol. The monoisotopic (exact) mass is 348 g/mol. The highest BCUT2D eigenvalue weighted by molar-refractivity contribution is 8.13. The van der Waals surface area contributed by atoms with Gasteiger partial charge in [-0.3, -0.25) is 4.79 Å². The highest BCUT2D eigenvalue weighted by Crippen LogP contribution is 2.39. The van der Waals surface area contributed by atoms with E-state index >= 15 is 0 Å². The summed E-state index contributed by atoms with van der Waals surface area (Å²) in [5.41, 5.74) is 7.66. The normalized spacial score (nSPS) is 19.6. The van der Waals surface area contributed by atoms with E-state index in [0.717, 1.165) is 16.6 Å². The lowest BCUT2D eigenvalue weighted by molar-refractivity contribution is -0.109. The van der Waals surface area contributed by atoms with Gasteiger partial charge < -0.3 is 15.0 Å². The number of nitrogen functional groups attached to an aromatic ring is 1. The molecule has 2 rings (SSSR count). The number of thioether (sulfide) groups is 1. The van der Waals surface area contributed by atoms with Gasteiger partial charge in [0, 0.05) is 18.9 Å². The largest absolute Gasteiger partial charge is 0.491 e. The molecule has 0 unspecified atom stereocenters. The average molecular weight is 348 g/mol. The fourth-order valence-electron chi connectivity index (χ4n) is 2.26. The number of rotatable bonds is 4. The van der Waals surface area contributed by atoms with Gasteiger partial charge in [0.2, 0.25) is 0 Å². The number of nitrogens with two attached hydrogens (primary N) is 1. The van der Waals surface area contributed by atoms with Crippen LogP contribution in [0.15, 0.2) is 17.7 Å². The summed E-state index contributed by atoms with van der Waals surface area (Å²) in [4.78, 5) is 15.6. The van der Waals surface area contributed by atoms with E-state index in [1.165, 1.54) is 11.8 Å². The van der Waals surface area contributed by atoms with Gasteiger partial charge in [-0.25, -0.2) is 4.98 Å². The zero-order valence-corrected chi connectivity index (χ0v) is 16.0. The molecule has 1 saturated heterocycles. The molecule has 0 spiro atoms. The van der Waals surface area contributed by atoms with E-state index in [1.807, 2.05) is 46.8 Å². The predicted octanol–water partition coefficient (Wildman–Crippen LogP) is 3.27. The molecule has 2 heterocycles. The quantitative estimate of drug-likeness (QED) is 0.842. The lowest BCUT2D eigenvalue weighted by atomic mass is 9.78. The second-order valence-corrected chi connectivity index (χ2v) is 8.21. The lowest BCUT2D eigenvalue weighted by Crippen LogP contribution is -2.41. The second-order valence-electron chi connectivity index (χ2n) is 7.06. The predicted molar refractivity (Wildman–Crippen MR) is 101 cm³/mol. The summed E-state index contributed by atoms with van der Waals surface area (Å²) in [5.74, 6) is 1.03. The molecule has 5 nitrogen and oxygen atoms in total. The van der Waals surface area contributed by atoms with E-state index in [4.69, 9.17) is 15.0 Å². The number of aromatic nitrogens is 1. The van der Waals surface area contributed by atoms with Crippen molar-refractivity contribution in [2.75, 3.05) is 11.5 Å². The van der Waals surface area contributed by atoms with Crippen LogP contribution in [0.5, 0.6) is 0 Å². The number of aryl methyl sites for hydroxylation is 1. The van der Waals surface area contributed by atoms with Crippen LogP contribution in [0.25, 0.3) is 6.08 Å². The first-order chi connectivity index (χ1) is 11.0. The summed E-state index contributed by atoms with van der Waals surface area (Å²) in [6, 6.07) is 1.96. The Kier molecular flexibility index (Phi) is 5.47. The SMILES string of the molecule is CC(=O)SCC(=Cc1cnc(N)c(C)c1)B1OC(C)(C)C(C)(C)O1. The molecule has 1 aromatic rings. The third kappa shape index (κ3) is 4.20. The lowest BCUT2D eigenvalue weighted by Gasteiger charge is -2.32.